The van der Waals surface area contributed by atoms with Crippen LogP contribution in [0.15, 0.2) is 146 Å². The van der Waals surface area contributed by atoms with Gasteiger partial charge in [-0.1, -0.05) is 18.2 Å². The fourth-order valence-electron chi connectivity index (χ4n) is 16.4. The molecule has 0 aliphatic carbocycles. The number of halogens is 3. The van der Waals surface area contributed by atoms with Crippen LogP contribution < -0.4 is 28.9 Å². The van der Waals surface area contributed by atoms with Gasteiger partial charge in [0.15, 0.2) is 40.6 Å². The van der Waals surface area contributed by atoms with Crippen molar-refractivity contribution in [1.82, 2.24) is 90.1 Å². The van der Waals surface area contributed by atoms with E-state index in [1.807, 2.05) is 127 Å². The Labute approximate surface area is 643 Å². The molecular formula is C84H90F3N21O3. The van der Waals surface area contributed by atoms with Crippen molar-refractivity contribution in [3.05, 3.63) is 248 Å². The zero-order valence-corrected chi connectivity index (χ0v) is 63.8. The predicted molar refractivity (Wildman–Crippen MR) is 417 cm³/mol. The summed E-state index contributed by atoms with van der Waals surface area (Å²) in [6, 6.07) is 42.4. The van der Waals surface area contributed by atoms with E-state index in [1.165, 1.54) is 32.8 Å². The van der Waals surface area contributed by atoms with Crippen LogP contribution >= 0.6 is 0 Å². The Morgan fingerprint density at radius 1 is 0.387 bits per heavy atom. The molecule has 0 saturated carbocycles. The van der Waals surface area contributed by atoms with E-state index in [1.54, 1.807) is 25.3 Å². The number of piperidine rings is 3. The number of aromatic amines is 3. The van der Waals surface area contributed by atoms with Crippen molar-refractivity contribution in [3.8, 4) is 51.4 Å². The predicted octanol–water partition coefficient (Wildman–Crippen LogP) is 12.2. The maximum Gasteiger partial charge on any atom is 0.169 e. The zero-order chi connectivity index (χ0) is 76.6. The molecule has 12 aromatic rings. The summed E-state index contributed by atoms with van der Waals surface area (Å²) in [4.78, 5) is 56.9. The molecule has 27 heteroatoms. The Hall–Kier alpha value is -11.6. The van der Waals surface area contributed by atoms with Gasteiger partial charge in [0.2, 0.25) is 0 Å². The molecule has 9 saturated heterocycles. The molecule has 9 aliphatic rings. The first-order valence-electron chi connectivity index (χ1n) is 37.8. The van der Waals surface area contributed by atoms with E-state index in [9.17, 15) is 13.2 Å². The SMILES string of the molecule is COc1cc(CN2C3CC2CN(c2ccc(-c4nc(C)cc(Cc5cc(C)[nH]n5)n4)cn2)C3)ccc1F.COc1cc(F)cc(CN2C3CC2CN(c2ccc(-c4nc(C)cc(Cc5cc(C)[nH]n5)n4)cn2)C3)c1.COc1cccc(CN2C3CC2CN(c2ccc(-c4nc(C)cc(Cc5cc(C)[nH]n5)n4)cn2)C3)c1F. The maximum absolute atomic E-state index is 14.7. The van der Waals surface area contributed by atoms with Gasteiger partial charge in [-0.2, -0.15) is 15.3 Å². The van der Waals surface area contributed by atoms with Crippen LogP contribution in [0.1, 0.15) is 104 Å². The lowest BCUT2D eigenvalue weighted by molar-refractivity contribution is -0.00954. The molecule has 9 aliphatic heterocycles. The molecular weight excluding hydrogens is 1410 g/mol. The third kappa shape index (κ3) is 16.7. The number of hydrogen-bond acceptors (Lipinski definition) is 21. The molecule has 111 heavy (non-hydrogen) atoms. The van der Waals surface area contributed by atoms with Gasteiger partial charge in [-0.15, -0.1) is 0 Å². The topological polar surface area (TPSA) is 249 Å². The first-order valence-corrected chi connectivity index (χ1v) is 37.8. The Morgan fingerprint density at radius 2 is 0.793 bits per heavy atom. The second-order valence-corrected chi connectivity index (χ2v) is 30.1. The van der Waals surface area contributed by atoms with Crippen molar-refractivity contribution in [2.45, 2.75) is 136 Å². The van der Waals surface area contributed by atoms with Crippen LogP contribution in [-0.4, -0.2) is 187 Å². The van der Waals surface area contributed by atoms with Gasteiger partial charge in [0.1, 0.15) is 29.0 Å². The highest BCUT2D eigenvalue weighted by atomic mass is 19.1. The van der Waals surface area contributed by atoms with Gasteiger partial charge < -0.3 is 28.9 Å². The van der Waals surface area contributed by atoms with Gasteiger partial charge in [0, 0.05) is 195 Å². The van der Waals surface area contributed by atoms with E-state index in [4.69, 9.17) is 44.1 Å². The van der Waals surface area contributed by atoms with Gasteiger partial charge in [0.05, 0.1) is 55.5 Å². The van der Waals surface area contributed by atoms with Crippen LogP contribution in [0.4, 0.5) is 30.6 Å². The van der Waals surface area contributed by atoms with Crippen LogP contribution in [0, 0.1) is 59.0 Å². The number of benzene rings is 3. The Kier molecular flexibility index (Phi) is 21.1. The third-order valence-corrected chi connectivity index (χ3v) is 21.8. The van der Waals surface area contributed by atoms with Crippen molar-refractivity contribution in [2.75, 3.05) is 75.3 Å². The number of piperazine rings is 3. The summed E-state index contributed by atoms with van der Waals surface area (Å²) in [7, 11) is 4.57. The standard InChI is InChI=1S/3C28H30FN7O/c1-17-8-21(11-22-9-18(2)33-34-22)32-28(31-17)20-5-7-27(30-13-20)35-15-23-12-24(16-35)36(23)14-19-4-6-25(29)26(10-19)37-3;1-17-6-22(11-23-7-18(2)33-34-23)32-28(31-17)20-4-5-27(30-13-20)35-15-24-12-25(16-35)36(24)14-19-8-21(29)10-26(9-19)37-3;1-17-9-21(11-22-10-18(2)33-34-22)32-28(31-17)19-7-8-26(30-13-19)35-15-23-12-24(16-35)36(23)14-20-5-4-6-25(37-3)27(20)29/h4-10,13,23-24H,11-12,14-16H2,1-3H3,(H,33,34);4-10,13,24-25H,11-12,14-16H2,1-3H3,(H,33,34);4-10,13,23-24H,11-12,14-16H2,1-3H3,(H,33,34). The van der Waals surface area contributed by atoms with Crippen LogP contribution in [0.2, 0.25) is 0 Å². The number of H-pyrrole nitrogens is 3. The number of hydrogen-bond donors (Lipinski definition) is 3. The smallest absolute Gasteiger partial charge is 0.169 e. The fourth-order valence-corrected chi connectivity index (χ4v) is 16.4. The molecule has 21 rings (SSSR count). The highest BCUT2D eigenvalue weighted by molar-refractivity contribution is 5.60. The lowest BCUT2D eigenvalue weighted by Crippen LogP contribution is -2.68. The van der Waals surface area contributed by atoms with E-state index in [2.05, 4.69) is 105 Å². The average molecular weight is 1500 g/mol. The lowest BCUT2D eigenvalue weighted by atomic mass is 9.86. The van der Waals surface area contributed by atoms with Crippen LogP contribution in [-0.2, 0) is 38.9 Å². The first kappa shape index (κ1) is 73.6. The van der Waals surface area contributed by atoms with Gasteiger partial charge in [-0.25, -0.2) is 58.0 Å². The molecule has 0 radical (unpaired) electrons. The fraction of sp³-hybridized carbons (Fsp3) is 0.357. The largest absolute Gasteiger partial charge is 0.497 e. The quantitative estimate of drug-likeness (QED) is 0.0605. The summed E-state index contributed by atoms with van der Waals surface area (Å²) < 4.78 is 57.9. The van der Waals surface area contributed by atoms with Crippen molar-refractivity contribution >= 4 is 17.5 Å². The van der Waals surface area contributed by atoms with E-state index in [0.29, 0.717) is 102 Å². The zero-order valence-electron chi connectivity index (χ0n) is 63.8. The number of fused-ring (bicyclic) bond motifs is 6. The van der Waals surface area contributed by atoms with Crippen molar-refractivity contribution in [1.29, 1.82) is 0 Å². The molecule has 6 unspecified atom stereocenters. The van der Waals surface area contributed by atoms with Gasteiger partial charge >= 0.3 is 0 Å². The van der Waals surface area contributed by atoms with Crippen molar-refractivity contribution in [2.24, 2.45) is 0 Å². The van der Waals surface area contributed by atoms with Crippen molar-refractivity contribution < 1.29 is 27.4 Å². The highest BCUT2D eigenvalue weighted by Gasteiger charge is 2.47. The number of rotatable bonds is 21. The minimum Gasteiger partial charge on any atom is -0.497 e. The number of nitrogens with zero attached hydrogens (tertiary/aromatic N) is 18. The average Bonchev–Trinajstić information content (AvgIpc) is 0.943. The molecule has 3 N–H and O–H groups in total. The number of methoxy groups -OCH3 is 3. The van der Waals surface area contributed by atoms with E-state index in [-0.39, 0.29) is 17.5 Å². The highest BCUT2D eigenvalue weighted by Crippen LogP contribution is 2.40. The van der Waals surface area contributed by atoms with Crippen LogP contribution in [0.5, 0.6) is 17.2 Å². The second-order valence-electron chi connectivity index (χ2n) is 30.1. The van der Waals surface area contributed by atoms with Gasteiger partial charge in [-0.3, -0.25) is 30.0 Å². The summed E-state index contributed by atoms with van der Waals surface area (Å²) in [5.74, 6) is 5.25. The van der Waals surface area contributed by atoms with Crippen LogP contribution in [0.25, 0.3) is 34.2 Å². The third-order valence-electron chi connectivity index (χ3n) is 21.8. The molecule has 3 aromatic carbocycles. The number of anilines is 3. The van der Waals surface area contributed by atoms with Crippen LogP contribution in [0.3, 0.4) is 0 Å². The number of aromatic nitrogens is 15. The number of aryl methyl sites for hydroxylation is 6. The van der Waals surface area contributed by atoms with Gasteiger partial charge in [-0.05, 0) is 175 Å². The molecule has 6 atom stereocenters. The summed E-state index contributed by atoms with van der Waals surface area (Å²) >= 11 is 0. The summed E-state index contributed by atoms with van der Waals surface area (Å²) in [6.07, 6.45) is 11.0. The maximum atomic E-state index is 14.7. The Balaban J connectivity index is 0.000000126. The Morgan fingerprint density at radius 3 is 1.16 bits per heavy atom. The van der Waals surface area contributed by atoms with Gasteiger partial charge in [0.25, 0.3) is 0 Å². The number of nitrogens with one attached hydrogen (secondary N) is 3. The van der Waals surface area contributed by atoms with Crippen molar-refractivity contribution in [3.63, 3.8) is 0 Å². The Bertz CT molecular complexity index is 5250. The first-order chi connectivity index (χ1) is 53.8. The minimum absolute atomic E-state index is 0.258. The number of pyridine rings is 3. The lowest BCUT2D eigenvalue weighted by Gasteiger charge is -2.56. The van der Waals surface area contributed by atoms with E-state index in [0.717, 1.165) is 179 Å². The molecule has 0 amide bonds. The monoisotopic (exact) mass is 1500 g/mol. The molecule has 0 spiro atoms. The summed E-state index contributed by atoms with van der Waals surface area (Å²) in [6.45, 7) is 19.5. The molecule has 6 bridgehead atoms. The molecule has 24 nitrogen and oxygen atoms in total. The minimum atomic E-state index is -0.323. The normalized spacial score (nSPS) is 19.1. The van der Waals surface area contributed by atoms with E-state index < -0.39 is 0 Å². The molecule has 18 heterocycles. The second kappa shape index (κ2) is 31.8. The molecule has 9 aromatic heterocycles. The number of ether oxygens (including phenoxy) is 3. The molecule has 570 valence electrons. The summed E-state index contributed by atoms with van der Waals surface area (Å²) in [5.41, 5.74) is 17.0. The van der Waals surface area contributed by atoms with E-state index >= 15 is 0 Å². The molecule has 9 fully saturated rings. The summed E-state index contributed by atoms with van der Waals surface area (Å²) in [5, 5.41) is 21.9.